The molecule has 1 saturated heterocycles. The first-order valence-corrected chi connectivity index (χ1v) is 12.1. The van der Waals surface area contributed by atoms with Gasteiger partial charge in [0.2, 0.25) is 11.8 Å². The lowest BCUT2D eigenvalue weighted by Crippen LogP contribution is -2.54. The van der Waals surface area contributed by atoms with Gasteiger partial charge in [-0.05, 0) is 33.6 Å². The van der Waals surface area contributed by atoms with Crippen LogP contribution in [0.2, 0.25) is 0 Å². The van der Waals surface area contributed by atoms with Crippen LogP contribution in [0.4, 0.5) is 10.6 Å². The fraction of sp³-hybridized carbons (Fsp3) is 0.500. The summed E-state index contributed by atoms with van der Waals surface area (Å²) in [6.07, 6.45) is 5.68. The molecule has 1 fully saturated rings. The number of anilines is 1. The Bertz CT molecular complexity index is 1320. The molecule has 1 aliphatic heterocycles. The maximum absolute atomic E-state index is 13.1. The van der Waals surface area contributed by atoms with E-state index in [0.717, 1.165) is 11.1 Å². The molecule has 4 heterocycles. The van der Waals surface area contributed by atoms with Crippen molar-refractivity contribution in [1.82, 2.24) is 34.6 Å². The van der Waals surface area contributed by atoms with Crippen molar-refractivity contribution in [2.45, 2.75) is 57.6 Å². The van der Waals surface area contributed by atoms with Gasteiger partial charge in [-0.2, -0.15) is 14.7 Å². The maximum Gasteiger partial charge on any atom is 0.410 e. The van der Waals surface area contributed by atoms with Crippen LogP contribution in [-0.4, -0.2) is 71.9 Å². The van der Waals surface area contributed by atoms with E-state index in [1.807, 2.05) is 13.2 Å². The standard InChI is InChI=1S/C24H33N9O4/c1-24(2,3)37-23(36)32-13-14(5-6-18(32)22(35)27-8-7-20(26)34)17-9-19(25)33-21(30-17)16(11-29-33)15-10-28-31(4)12-15/h9-12,14,18H,5-8,13,25H2,1-4H3,(H2,26,34)(H,27,35). The quantitative estimate of drug-likeness (QED) is 0.442. The summed E-state index contributed by atoms with van der Waals surface area (Å²) in [5, 5.41) is 11.3. The molecule has 0 aliphatic carbocycles. The number of ether oxygens (including phenoxy) is 1. The van der Waals surface area contributed by atoms with Crippen LogP contribution in [0.5, 0.6) is 0 Å². The van der Waals surface area contributed by atoms with Gasteiger partial charge in [-0.1, -0.05) is 0 Å². The minimum Gasteiger partial charge on any atom is -0.444 e. The monoisotopic (exact) mass is 511 g/mol. The number of nitrogen functional groups attached to an aromatic ring is 1. The Morgan fingerprint density at radius 1 is 1.19 bits per heavy atom. The Morgan fingerprint density at radius 2 is 1.95 bits per heavy atom. The number of carbonyl (C=O) groups excluding carboxylic acids is 3. The number of piperidine rings is 1. The number of primary amides is 1. The molecule has 0 saturated carbocycles. The van der Waals surface area contributed by atoms with Crippen molar-refractivity contribution >= 4 is 29.4 Å². The van der Waals surface area contributed by atoms with Gasteiger partial charge in [-0.25, -0.2) is 9.78 Å². The molecule has 2 unspecified atom stereocenters. The Labute approximate surface area is 214 Å². The third kappa shape index (κ3) is 5.81. The molecule has 2 atom stereocenters. The van der Waals surface area contributed by atoms with Gasteiger partial charge in [0.15, 0.2) is 5.65 Å². The van der Waals surface area contributed by atoms with Crippen molar-refractivity contribution in [3.05, 3.63) is 30.4 Å². The zero-order chi connectivity index (χ0) is 26.9. The topological polar surface area (TPSA) is 176 Å². The molecule has 5 N–H and O–H groups in total. The first-order valence-electron chi connectivity index (χ1n) is 12.1. The maximum atomic E-state index is 13.1. The largest absolute Gasteiger partial charge is 0.444 e. The second kappa shape index (κ2) is 10.1. The third-order valence-electron chi connectivity index (χ3n) is 6.14. The van der Waals surface area contributed by atoms with E-state index >= 15 is 0 Å². The van der Waals surface area contributed by atoms with Crippen molar-refractivity contribution in [3.63, 3.8) is 0 Å². The van der Waals surface area contributed by atoms with Gasteiger partial charge in [-0.15, -0.1) is 0 Å². The normalized spacial score (nSPS) is 18.1. The summed E-state index contributed by atoms with van der Waals surface area (Å²) >= 11 is 0. The molecule has 198 valence electrons. The molecule has 37 heavy (non-hydrogen) atoms. The highest BCUT2D eigenvalue weighted by Gasteiger charge is 2.39. The van der Waals surface area contributed by atoms with Gasteiger partial charge < -0.3 is 21.5 Å². The molecule has 3 aromatic rings. The molecule has 1 aliphatic rings. The number of fused-ring (bicyclic) bond motifs is 1. The van der Waals surface area contributed by atoms with E-state index in [4.69, 9.17) is 21.2 Å². The van der Waals surface area contributed by atoms with E-state index in [1.54, 1.807) is 48.4 Å². The van der Waals surface area contributed by atoms with Gasteiger partial charge in [0.1, 0.15) is 17.5 Å². The SMILES string of the molecule is Cn1cc(-c2cnn3c(N)cc(C4CCC(C(=O)NCCC(N)=O)N(C(=O)OC(C)(C)C)C4)nc23)cn1. The predicted octanol–water partition coefficient (Wildman–Crippen LogP) is 1.19. The summed E-state index contributed by atoms with van der Waals surface area (Å²) in [7, 11) is 1.83. The van der Waals surface area contributed by atoms with Crippen LogP contribution in [0.15, 0.2) is 24.7 Å². The number of hydrogen-bond acceptors (Lipinski definition) is 8. The van der Waals surface area contributed by atoms with E-state index in [9.17, 15) is 14.4 Å². The molecule has 0 radical (unpaired) electrons. The van der Waals surface area contributed by atoms with Crippen molar-refractivity contribution in [2.24, 2.45) is 12.8 Å². The van der Waals surface area contributed by atoms with Crippen LogP contribution in [0.3, 0.4) is 0 Å². The molecular weight excluding hydrogens is 478 g/mol. The van der Waals surface area contributed by atoms with Gasteiger partial charge >= 0.3 is 6.09 Å². The van der Waals surface area contributed by atoms with Crippen LogP contribution in [-0.2, 0) is 21.4 Å². The van der Waals surface area contributed by atoms with Gasteiger partial charge in [0.25, 0.3) is 0 Å². The van der Waals surface area contributed by atoms with Crippen LogP contribution < -0.4 is 16.8 Å². The third-order valence-corrected chi connectivity index (χ3v) is 6.14. The first-order chi connectivity index (χ1) is 17.4. The number of aryl methyl sites for hydroxylation is 1. The number of carbonyl (C=O) groups is 3. The molecule has 13 heteroatoms. The van der Waals surface area contributed by atoms with E-state index in [1.165, 1.54) is 4.90 Å². The summed E-state index contributed by atoms with van der Waals surface area (Å²) in [5.41, 5.74) is 13.7. The number of hydrogen-bond donors (Lipinski definition) is 3. The second-order valence-corrected chi connectivity index (χ2v) is 10.2. The number of amides is 3. The number of rotatable bonds is 6. The number of likely N-dealkylation sites (tertiary alicyclic amines) is 1. The van der Waals surface area contributed by atoms with Crippen LogP contribution in [0, 0.1) is 0 Å². The number of nitrogens with zero attached hydrogens (tertiary/aromatic N) is 6. The molecular formula is C24H33N9O4. The van der Waals surface area contributed by atoms with Crippen molar-refractivity contribution in [2.75, 3.05) is 18.8 Å². The van der Waals surface area contributed by atoms with Crippen LogP contribution >= 0.6 is 0 Å². The first kappa shape index (κ1) is 25.9. The van der Waals surface area contributed by atoms with Crippen LogP contribution in [0.25, 0.3) is 16.8 Å². The number of nitrogens with one attached hydrogen (secondary N) is 1. The highest BCUT2D eigenvalue weighted by atomic mass is 16.6. The van der Waals surface area contributed by atoms with Crippen molar-refractivity contribution < 1.29 is 19.1 Å². The summed E-state index contributed by atoms with van der Waals surface area (Å²) < 4.78 is 8.87. The Hall–Kier alpha value is -4.16. The van der Waals surface area contributed by atoms with Crippen molar-refractivity contribution in [1.29, 1.82) is 0 Å². The lowest BCUT2D eigenvalue weighted by atomic mass is 9.89. The lowest BCUT2D eigenvalue weighted by molar-refractivity contribution is -0.128. The van der Waals surface area contributed by atoms with Crippen LogP contribution in [0.1, 0.15) is 51.6 Å². The van der Waals surface area contributed by atoms with E-state index in [0.29, 0.717) is 30.0 Å². The van der Waals surface area contributed by atoms with E-state index < -0.39 is 23.6 Å². The fourth-order valence-electron chi connectivity index (χ4n) is 4.41. The molecule has 0 bridgehead atoms. The molecule has 0 aromatic carbocycles. The average Bonchev–Trinajstić information content (AvgIpc) is 3.43. The molecule has 0 spiro atoms. The Kier molecular flexibility index (Phi) is 7.05. The number of nitrogens with two attached hydrogens (primary N) is 2. The lowest BCUT2D eigenvalue weighted by Gasteiger charge is -2.39. The Morgan fingerprint density at radius 3 is 2.59 bits per heavy atom. The summed E-state index contributed by atoms with van der Waals surface area (Å²) in [6.45, 7) is 5.61. The van der Waals surface area contributed by atoms with Gasteiger partial charge in [-0.3, -0.25) is 19.2 Å². The zero-order valence-corrected chi connectivity index (χ0v) is 21.5. The molecule has 4 rings (SSSR count). The zero-order valence-electron chi connectivity index (χ0n) is 21.5. The summed E-state index contributed by atoms with van der Waals surface area (Å²) in [5.74, 6) is -0.655. The van der Waals surface area contributed by atoms with Gasteiger partial charge in [0, 0.05) is 55.9 Å². The minimum atomic E-state index is -0.749. The van der Waals surface area contributed by atoms with E-state index in [2.05, 4.69) is 15.5 Å². The van der Waals surface area contributed by atoms with E-state index in [-0.39, 0.29) is 31.3 Å². The molecule has 3 amide bonds. The summed E-state index contributed by atoms with van der Waals surface area (Å²) in [4.78, 5) is 43.4. The highest BCUT2D eigenvalue weighted by molar-refractivity contribution is 5.86. The predicted molar refractivity (Wildman–Crippen MR) is 135 cm³/mol. The molecule has 3 aromatic heterocycles. The highest BCUT2D eigenvalue weighted by Crippen LogP contribution is 2.33. The van der Waals surface area contributed by atoms with Crippen molar-refractivity contribution in [3.8, 4) is 11.1 Å². The summed E-state index contributed by atoms with van der Waals surface area (Å²) in [6, 6.07) is 0.999. The Balaban J connectivity index is 1.62. The number of aromatic nitrogens is 5. The fourth-order valence-corrected chi connectivity index (χ4v) is 4.41. The minimum absolute atomic E-state index is 0.0152. The van der Waals surface area contributed by atoms with Gasteiger partial charge in [0.05, 0.1) is 18.1 Å². The average molecular weight is 512 g/mol. The second-order valence-electron chi connectivity index (χ2n) is 10.2. The smallest absolute Gasteiger partial charge is 0.410 e. The molecule has 13 nitrogen and oxygen atoms in total.